The van der Waals surface area contributed by atoms with Crippen LogP contribution in [0.3, 0.4) is 0 Å². The molecule has 0 aromatic heterocycles. The zero-order valence-corrected chi connectivity index (χ0v) is 9.22. The molecular formula is C9H9IS. The molecule has 0 unspecified atom stereocenters. The molecule has 0 saturated heterocycles. The van der Waals surface area contributed by atoms with Crippen LogP contribution in [0, 0.1) is 0 Å². The van der Waals surface area contributed by atoms with Crippen LogP contribution in [0.1, 0.15) is 5.56 Å². The van der Waals surface area contributed by atoms with Crippen LogP contribution < -0.4 is 0 Å². The third-order valence-corrected chi connectivity index (χ3v) is 3.42. The van der Waals surface area contributed by atoms with Crippen molar-refractivity contribution in [1.29, 1.82) is 0 Å². The summed E-state index contributed by atoms with van der Waals surface area (Å²) in [6, 6.07) is 10.3. The van der Waals surface area contributed by atoms with Crippen LogP contribution >= 0.6 is 34.4 Å². The second kappa shape index (κ2) is 4.83. The Bertz CT molecular complexity index is 241. The molecule has 0 bridgehead atoms. The first-order chi connectivity index (χ1) is 5.33. The molecule has 58 valence electrons. The third kappa shape index (κ3) is 3.29. The predicted molar refractivity (Wildman–Crippen MR) is 62.0 cm³/mol. The van der Waals surface area contributed by atoms with Crippen molar-refractivity contribution in [1.82, 2.24) is 0 Å². The molecule has 0 aliphatic carbocycles. The van der Waals surface area contributed by atoms with E-state index >= 15 is 0 Å². The monoisotopic (exact) mass is 276 g/mol. The van der Waals surface area contributed by atoms with Gasteiger partial charge in [0.05, 0.1) is 0 Å². The van der Waals surface area contributed by atoms with Crippen LogP contribution in [-0.2, 0) is 0 Å². The normalized spacial score (nSPS) is 11.6. The average molecular weight is 276 g/mol. The predicted octanol–water partition coefficient (Wildman–Crippen LogP) is 3.78. The maximum Gasteiger partial charge on any atom is 0.0460 e. The maximum atomic E-state index is 2.33. The van der Waals surface area contributed by atoms with Crippen molar-refractivity contribution in [2.45, 2.75) is 0 Å². The maximum absolute atomic E-state index is 2.33. The van der Waals surface area contributed by atoms with Crippen LogP contribution in [0.25, 0.3) is 6.08 Å². The van der Waals surface area contributed by atoms with E-state index in [0.29, 0.717) is 0 Å². The lowest BCUT2D eigenvalue weighted by atomic mass is 10.2. The quantitative estimate of drug-likeness (QED) is 0.741. The van der Waals surface area contributed by atoms with E-state index in [1.807, 2.05) is 6.07 Å². The van der Waals surface area contributed by atoms with E-state index in [-0.39, 0.29) is 0 Å². The molecule has 2 heteroatoms. The van der Waals surface area contributed by atoms with Crippen LogP contribution in [0.2, 0.25) is 0 Å². The smallest absolute Gasteiger partial charge is 0.0460 e. The second-order valence-corrected chi connectivity index (χ2v) is 4.81. The van der Waals surface area contributed by atoms with E-state index in [1.54, 1.807) is 11.8 Å². The largest absolute Gasteiger partial charge is 0.123 e. The molecule has 0 aliphatic rings. The summed E-state index contributed by atoms with van der Waals surface area (Å²) in [4.78, 5) is 0. The van der Waals surface area contributed by atoms with Gasteiger partial charge in [-0.05, 0) is 40.5 Å². The van der Waals surface area contributed by atoms with Crippen molar-refractivity contribution in [3.05, 3.63) is 38.8 Å². The minimum absolute atomic E-state index is 1.27. The fraction of sp³-hybridized carbons (Fsp3) is 0.111. The van der Waals surface area contributed by atoms with Gasteiger partial charge in [-0.15, -0.1) is 11.8 Å². The number of rotatable bonds is 2. The summed E-state index contributed by atoms with van der Waals surface area (Å²) in [6.07, 6.45) is 4.26. The summed E-state index contributed by atoms with van der Waals surface area (Å²) in [7, 11) is 0. The van der Waals surface area contributed by atoms with Crippen molar-refractivity contribution >= 4 is 40.4 Å². The van der Waals surface area contributed by atoms with Crippen molar-refractivity contribution in [2.75, 3.05) is 6.26 Å². The molecular weight excluding hydrogens is 267 g/mol. The lowest BCUT2D eigenvalue weighted by Gasteiger charge is -1.93. The fourth-order valence-electron chi connectivity index (χ4n) is 0.739. The highest BCUT2D eigenvalue weighted by molar-refractivity contribution is 14.1. The standard InChI is InChI=1S/C9H9IS/c1-11-9(10)7-8-5-3-2-4-6-8/h2-7H,1H3/b9-7+. The van der Waals surface area contributed by atoms with Crippen LogP contribution in [0.4, 0.5) is 0 Å². The Hall–Kier alpha value is 0.0400. The summed E-state index contributed by atoms with van der Waals surface area (Å²) in [6.45, 7) is 0. The highest BCUT2D eigenvalue weighted by Gasteiger charge is 1.87. The lowest BCUT2D eigenvalue weighted by Crippen LogP contribution is -1.68. The molecule has 1 rings (SSSR count). The van der Waals surface area contributed by atoms with Gasteiger partial charge in [0.2, 0.25) is 0 Å². The summed E-state index contributed by atoms with van der Waals surface area (Å²) < 4.78 is 1.31. The molecule has 11 heavy (non-hydrogen) atoms. The molecule has 0 saturated carbocycles. The summed E-state index contributed by atoms with van der Waals surface area (Å²) in [5.41, 5.74) is 1.27. The van der Waals surface area contributed by atoms with Crippen molar-refractivity contribution in [2.24, 2.45) is 0 Å². The molecule has 0 atom stereocenters. The van der Waals surface area contributed by atoms with Crippen LogP contribution in [0.5, 0.6) is 0 Å². The van der Waals surface area contributed by atoms with Gasteiger partial charge in [0.1, 0.15) is 0 Å². The van der Waals surface area contributed by atoms with Crippen LogP contribution in [-0.4, -0.2) is 6.26 Å². The van der Waals surface area contributed by atoms with Crippen molar-refractivity contribution in [3.8, 4) is 0 Å². The first-order valence-corrected chi connectivity index (χ1v) is 5.59. The van der Waals surface area contributed by atoms with Gasteiger partial charge < -0.3 is 0 Å². The molecule has 0 N–H and O–H groups in total. The van der Waals surface area contributed by atoms with E-state index in [0.717, 1.165) is 0 Å². The Morgan fingerprint density at radius 1 is 1.36 bits per heavy atom. The third-order valence-electron chi connectivity index (χ3n) is 1.27. The number of benzene rings is 1. The Morgan fingerprint density at radius 3 is 2.55 bits per heavy atom. The van der Waals surface area contributed by atoms with E-state index in [2.05, 4.69) is 59.2 Å². The van der Waals surface area contributed by atoms with Gasteiger partial charge >= 0.3 is 0 Å². The Labute approximate surface area is 85.2 Å². The first kappa shape index (κ1) is 9.13. The minimum Gasteiger partial charge on any atom is -0.123 e. The van der Waals surface area contributed by atoms with Crippen molar-refractivity contribution < 1.29 is 0 Å². The Kier molecular flexibility index (Phi) is 4.01. The Balaban J connectivity index is 2.79. The van der Waals surface area contributed by atoms with E-state index in [9.17, 15) is 0 Å². The summed E-state index contributed by atoms with van der Waals surface area (Å²) >= 11 is 4.10. The van der Waals surface area contributed by atoms with E-state index in [1.165, 1.54) is 8.48 Å². The molecule has 0 amide bonds. The highest BCUT2D eigenvalue weighted by Crippen LogP contribution is 2.22. The molecule has 0 fully saturated rings. The molecule has 0 aliphatic heterocycles. The molecule has 0 spiro atoms. The fourth-order valence-corrected chi connectivity index (χ4v) is 1.35. The van der Waals surface area contributed by atoms with Gasteiger partial charge in [0, 0.05) is 2.91 Å². The Morgan fingerprint density at radius 2 is 2.00 bits per heavy atom. The number of hydrogen-bond donors (Lipinski definition) is 0. The molecule has 0 heterocycles. The first-order valence-electron chi connectivity index (χ1n) is 3.29. The molecule has 0 radical (unpaired) electrons. The SMILES string of the molecule is CS/C(I)=C/c1ccccc1. The van der Waals surface area contributed by atoms with E-state index < -0.39 is 0 Å². The van der Waals surface area contributed by atoms with Gasteiger partial charge in [-0.2, -0.15) is 0 Å². The number of thioether (sulfide) groups is 1. The van der Waals surface area contributed by atoms with Gasteiger partial charge in [0.15, 0.2) is 0 Å². The van der Waals surface area contributed by atoms with Gasteiger partial charge in [0.25, 0.3) is 0 Å². The topological polar surface area (TPSA) is 0 Å². The average Bonchev–Trinajstić information content (AvgIpc) is 2.06. The van der Waals surface area contributed by atoms with Crippen LogP contribution in [0.15, 0.2) is 33.2 Å². The minimum atomic E-state index is 1.27. The lowest BCUT2D eigenvalue weighted by molar-refractivity contribution is 1.66. The van der Waals surface area contributed by atoms with Gasteiger partial charge in [-0.1, -0.05) is 30.3 Å². The summed E-state index contributed by atoms with van der Waals surface area (Å²) in [5.74, 6) is 0. The molecule has 0 nitrogen and oxygen atoms in total. The highest BCUT2D eigenvalue weighted by atomic mass is 127. The molecule has 1 aromatic rings. The molecule has 1 aromatic carbocycles. The van der Waals surface area contributed by atoms with E-state index in [4.69, 9.17) is 0 Å². The van der Waals surface area contributed by atoms with Gasteiger partial charge in [-0.25, -0.2) is 0 Å². The second-order valence-electron chi connectivity index (χ2n) is 2.06. The van der Waals surface area contributed by atoms with Gasteiger partial charge in [-0.3, -0.25) is 0 Å². The summed E-state index contributed by atoms with van der Waals surface area (Å²) in [5, 5.41) is 0. The number of hydrogen-bond acceptors (Lipinski definition) is 1. The number of halogens is 1. The zero-order chi connectivity index (χ0) is 8.10. The van der Waals surface area contributed by atoms with Crippen molar-refractivity contribution in [3.63, 3.8) is 0 Å². The zero-order valence-electron chi connectivity index (χ0n) is 6.25.